The summed E-state index contributed by atoms with van der Waals surface area (Å²) in [5.74, 6) is -2.74. The summed E-state index contributed by atoms with van der Waals surface area (Å²) in [6, 6.07) is 9.37. The van der Waals surface area contributed by atoms with E-state index in [-0.39, 0.29) is 30.5 Å². The first-order valence-corrected chi connectivity index (χ1v) is 6.25. The van der Waals surface area contributed by atoms with Gasteiger partial charge in [-0.3, -0.25) is 4.79 Å². The van der Waals surface area contributed by atoms with E-state index in [9.17, 15) is 18.0 Å². The van der Waals surface area contributed by atoms with Crippen molar-refractivity contribution in [2.45, 2.75) is 6.54 Å². The number of hydrogen-bond acceptors (Lipinski definition) is 2. The highest BCUT2D eigenvalue weighted by Crippen LogP contribution is 2.15. The lowest BCUT2D eigenvalue weighted by Crippen LogP contribution is -2.29. The number of benzene rings is 2. The van der Waals surface area contributed by atoms with Crippen molar-refractivity contribution in [1.29, 1.82) is 0 Å². The van der Waals surface area contributed by atoms with Crippen LogP contribution >= 0.6 is 0 Å². The minimum atomic E-state index is -1.02. The summed E-state index contributed by atoms with van der Waals surface area (Å²) in [5.41, 5.74) is 0.661. The van der Waals surface area contributed by atoms with Gasteiger partial charge in [-0.2, -0.15) is 0 Å². The average Bonchev–Trinajstić information content (AvgIpc) is 2.48. The van der Waals surface area contributed by atoms with Crippen LogP contribution in [0.5, 0.6) is 0 Å². The Balaban J connectivity index is 1.82. The van der Waals surface area contributed by atoms with Gasteiger partial charge in [0.15, 0.2) is 11.6 Å². The molecule has 21 heavy (non-hydrogen) atoms. The van der Waals surface area contributed by atoms with E-state index < -0.39 is 11.6 Å². The molecule has 1 amide bonds. The second-order valence-electron chi connectivity index (χ2n) is 4.36. The third-order valence-corrected chi connectivity index (χ3v) is 2.79. The van der Waals surface area contributed by atoms with Gasteiger partial charge in [-0.25, -0.2) is 13.2 Å². The van der Waals surface area contributed by atoms with E-state index >= 15 is 0 Å². The predicted octanol–water partition coefficient (Wildman–Crippen LogP) is 2.83. The molecule has 3 nitrogen and oxygen atoms in total. The first kappa shape index (κ1) is 14.9. The molecule has 0 unspecified atom stereocenters. The van der Waals surface area contributed by atoms with Gasteiger partial charge in [0, 0.05) is 6.54 Å². The van der Waals surface area contributed by atoms with Crippen LogP contribution in [0.25, 0.3) is 0 Å². The summed E-state index contributed by atoms with van der Waals surface area (Å²) < 4.78 is 39.0. The molecule has 110 valence electrons. The molecule has 0 spiro atoms. The molecule has 0 fully saturated rings. The van der Waals surface area contributed by atoms with Crippen molar-refractivity contribution in [3.05, 3.63) is 65.5 Å². The van der Waals surface area contributed by atoms with Crippen molar-refractivity contribution < 1.29 is 18.0 Å². The molecule has 2 aromatic rings. The molecule has 0 aliphatic carbocycles. The topological polar surface area (TPSA) is 41.1 Å². The summed E-state index contributed by atoms with van der Waals surface area (Å²) in [6.45, 7) is 0.0357. The summed E-state index contributed by atoms with van der Waals surface area (Å²) in [7, 11) is 0. The average molecular weight is 294 g/mol. The maximum absolute atomic E-state index is 13.3. The highest BCUT2D eigenvalue weighted by molar-refractivity contribution is 5.80. The van der Waals surface area contributed by atoms with Gasteiger partial charge in [-0.05, 0) is 29.8 Å². The fraction of sp³-hybridized carbons (Fsp3) is 0.133. The minimum absolute atomic E-state index is 0.0769. The molecule has 0 saturated carbocycles. The number of nitrogens with one attached hydrogen (secondary N) is 2. The van der Waals surface area contributed by atoms with Crippen molar-refractivity contribution >= 4 is 11.6 Å². The van der Waals surface area contributed by atoms with Crippen molar-refractivity contribution in [2.75, 3.05) is 11.9 Å². The van der Waals surface area contributed by atoms with Gasteiger partial charge in [0.1, 0.15) is 5.82 Å². The summed E-state index contributed by atoms with van der Waals surface area (Å²) >= 11 is 0. The summed E-state index contributed by atoms with van der Waals surface area (Å²) in [6.07, 6.45) is 0. The van der Waals surface area contributed by atoms with Crippen LogP contribution < -0.4 is 10.6 Å². The first-order valence-electron chi connectivity index (χ1n) is 6.25. The highest BCUT2D eigenvalue weighted by atomic mass is 19.2. The molecule has 0 radical (unpaired) electrons. The van der Waals surface area contributed by atoms with Crippen LogP contribution in [0.3, 0.4) is 0 Å². The van der Waals surface area contributed by atoms with Crippen LogP contribution in [-0.2, 0) is 11.3 Å². The number of rotatable bonds is 5. The number of carbonyl (C=O) groups excluding carboxylic acids is 1. The molecule has 0 aliphatic heterocycles. The van der Waals surface area contributed by atoms with Gasteiger partial charge in [0.25, 0.3) is 0 Å². The Morgan fingerprint density at radius 1 is 1.00 bits per heavy atom. The molecule has 0 aliphatic rings. The molecule has 0 saturated heterocycles. The Labute approximate surface area is 119 Å². The number of amides is 1. The fourth-order valence-electron chi connectivity index (χ4n) is 1.68. The molecule has 0 aromatic heterocycles. The summed E-state index contributed by atoms with van der Waals surface area (Å²) in [5, 5.41) is 5.09. The maximum atomic E-state index is 13.3. The SMILES string of the molecule is O=C(CNc1cccc(F)c1F)NCc1ccc(F)cc1. The Bertz CT molecular complexity index is 629. The highest BCUT2D eigenvalue weighted by Gasteiger charge is 2.08. The monoisotopic (exact) mass is 294 g/mol. The molecule has 2 aromatic carbocycles. The third kappa shape index (κ3) is 4.24. The normalized spacial score (nSPS) is 10.2. The molecule has 0 bridgehead atoms. The van der Waals surface area contributed by atoms with Crippen molar-refractivity contribution in [1.82, 2.24) is 5.32 Å². The molecular weight excluding hydrogens is 281 g/mol. The van der Waals surface area contributed by atoms with Gasteiger partial charge in [-0.1, -0.05) is 18.2 Å². The first-order chi connectivity index (χ1) is 10.1. The van der Waals surface area contributed by atoms with E-state index in [1.807, 2.05) is 0 Å². The van der Waals surface area contributed by atoms with E-state index in [1.165, 1.54) is 24.3 Å². The predicted molar refractivity (Wildman–Crippen MR) is 73.1 cm³/mol. The second-order valence-corrected chi connectivity index (χ2v) is 4.36. The number of hydrogen-bond donors (Lipinski definition) is 2. The van der Waals surface area contributed by atoms with Gasteiger partial charge in [0.05, 0.1) is 12.2 Å². The smallest absolute Gasteiger partial charge is 0.239 e. The van der Waals surface area contributed by atoms with Crippen LogP contribution in [0.2, 0.25) is 0 Å². The van der Waals surface area contributed by atoms with E-state index in [4.69, 9.17) is 0 Å². The van der Waals surface area contributed by atoms with Crippen molar-refractivity contribution in [3.63, 3.8) is 0 Å². The molecule has 2 N–H and O–H groups in total. The van der Waals surface area contributed by atoms with E-state index in [0.29, 0.717) is 0 Å². The van der Waals surface area contributed by atoms with Gasteiger partial charge < -0.3 is 10.6 Å². The van der Waals surface area contributed by atoms with Crippen LogP contribution in [-0.4, -0.2) is 12.5 Å². The Kier molecular flexibility index (Phi) is 4.81. The van der Waals surface area contributed by atoms with Crippen molar-refractivity contribution in [3.8, 4) is 0 Å². The standard InChI is InChI=1S/C15H13F3N2O/c16-11-6-4-10(5-7-11)8-20-14(21)9-19-13-3-1-2-12(17)15(13)18/h1-7,19H,8-9H2,(H,20,21). The van der Waals surface area contributed by atoms with E-state index in [1.54, 1.807) is 12.1 Å². The van der Waals surface area contributed by atoms with Crippen LogP contribution in [0.15, 0.2) is 42.5 Å². The van der Waals surface area contributed by atoms with Gasteiger partial charge >= 0.3 is 0 Å². The fourth-order valence-corrected chi connectivity index (χ4v) is 1.68. The minimum Gasteiger partial charge on any atom is -0.374 e. The quantitative estimate of drug-likeness (QED) is 0.890. The zero-order valence-corrected chi connectivity index (χ0v) is 11.0. The molecular formula is C15H13F3N2O. The Hall–Kier alpha value is -2.50. The summed E-state index contributed by atoms with van der Waals surface area (Å²) in [4.78, 5) is 11.6. The van der Waals surface area contributed by atoms with Crippen LogP contribution in [0.4, 0.5) is 18.9 Å². The molecule has 0 atom stereocenters. The lowest BCUT2D eigenvalue weighted by Gasteiger charge is -2.09. The lowest BCUT2D eigenvalue weighted by molar-refractivity contribution is -0.119. The Morgan fingerprint density at radius 3 is 2.43 bits per heavy atom. The largest absolute Gasteiger partial charge is 0.374 e. The molecule has 0 heterocycles. The van der Waals surface area contributed by atoms with Gasteiger partial charge in [0.2, 0.25) is 5.91 Å². The van der Waals surface area contributed by atoms with E-state index in [0.717, 1.165) is 11.6 Å². The maximum Gasteiger partial charge on any atom is 0.239 e. The van der Waals surface area contributed by atoms with Crippen molar-refractivity contribution in [2.24, 2.45) is 0 Å². The third-order valence-electron chi connectivity index (χ3n) is 2.79. The number of carbonyl (C=O) groups is 1. The lowest BCUT2D eigenvalue weighted by atomic mass is 10.2. The number of halogens is 3. The second kappa shape index (κ2) is 6.78. The zero-order valence-electron chi connectivity index (χ0n) is 11.0. The van der Waals surface area contributed by atoms with Crippen LogP contribution in [0, 0.1) is 17.5 Å². The van der Waals surface area contributed by atoms with Crippen LogP contribution in [0.1, 0.15) is 5.56 Å². The zero-order chi connectivity index (χ0) is 15.2. The Morgan fingerprint density at radius 2 is 1.71 bits per heavy atom. The number of anilines is 1. The molecule has 6 heteroatoms. The van der Waals surface area contributed by atoms with E-state index in [2.05, 4.69) is 10.6 Å². The van der Waals surface area contributed by atoms with Gasteiger partial charge in [-0.15, -0.1) is 0 Å². The molecule has 2 rings (SSSR count).